The van der Waals surface area contributed by atoms with Crippen LogP contribution in [0.5, 0.6) is 0 Å². The van der Waals surface area contributed by atoms with Gasteiger partial charge in [0.05, 0.1) is 12.6 Å². The molecule has 1 amide bonds. The predicted molar refractivity (Wildman–Crippen MR) is 109 cm³/mol. The van der Waals surface area contributed by atoms with Gasteiger partial charge in [-0.25, -0.2) is 9.97 Å². The Morgan fingerprint density at radius 1 is 1.25 bits per heavy atom. The van der Waals surface area contributed by atoms with Gasteiger partial charge in [0, 0.05) is 36.6 Å². The molecule has 1 N–H and O–H groups in total. The van der Waals surface area contributed by atoms with Crippen molar-refractivity contribution >= 4 is 28.2 Å². The van der Waals surface area contributed by atoms with Crippen LogP contribution in [0.3, 0.4) is 0 Å². The van der Waals surface area contributed by atoms with E-state index >= 15 is 0 Å². The average Bonchev–Trinajstić information content (AvgIpc) is 3.41. The number of hydrogen-bond acceptors (Lipinski definition) is 7. The van der Waals surface area contributed by atoms with Crippen molar-refractivity contribution in [2.45, 2.75) is 31.6 Å². The Hall–Kier alpha value is -2.50. The fourth-order valence-corrected chi connectivity index (χ4v) is 4.60. The lowest BCUT2D eigenvalue weighted by Gasteiger charge is -2.30. The molecule has 2 saturated heterocycles. The lowest BCUT2D eigenvalue weighted by atomic mass is 9.94. The number of nitriles is 1. The Morgan fingerprint density at radius 3 is 2.93 bits per heavy atom. The number of pyridine rings is 1. The molecule has 2 aromatic heterocycles. The first-order valence-electron chi connectivity index (χ1n) is 9.81. The molecule has 2 aliphatic heterocycles. The zero-order chi connectivity index (χ0) is 19.3. The van der Waals surface area contributed by atoms with Gasteiger partial charge in [-0.2, -0.15) is 5.26 Å². The van der Waals surface area contributed by atoms with Crippen LogP contribution in [0.2, 0.25) is 0 Å². The van der Waals surface area contributed by atoms with Crippen LogP contribution in [0.4, 0.5) is 10.9 Å². The summed E-state index contributed by atoms with van der Waals surface area (Å²) in [5.41, 5.74) is 1.54. The lowest BCUT2D eigenvalue weighted by Crippen LogP contribution is -2.34. The van der Waals surface area contributed by atoms with Crippen LogP contribution >= 0.6 is 11.3 Å². The SMILES string of the molecule is N#CCN1CCC[C@H](c2cccc(Nc3nc(C(=O)N4CCCC4)cs3)n2)C1. The van der Waals surface area contributed by atoms with Gasteiger partial charge >= 0.3 is 0 Å². The van der Waals surface area contributed by atoms with E-state index in [1.807, 2.05) is 22.4 Å². The van der Waals surface area contributed by atoms with Crippen molar-refractivity contribution in [2.24, 2.45) is 0 Å². The van der Waals surface area contributed by atoms with E-state index in [9.17, 15) is 4.79 Å². The highest BCUT2D eigenvalue weighted by atomic mass is 32.1. The lowest BCUT2D eigenvalue weighted by molar-refractivity contribution is 0.0788. The van der Waals surface area contributed by atoms with Crippen LogP contribution in [0.25, 0.3) is 0 Å². The highest BCUT2D eigenvalue weighted by Gasteiger charge is 2.23. The van der Waals surface area contributed by atoms with Gasteiger partial charge in [-0.3, -0.25) is 9.69 Å². The van der Waals surface area contributed by atoms with Crippen LogP contribution in [0, 0.1) is 11.3 Å². The van der Waals surface area contributed by atoms with Gasteiger partial charge in [-0.15, -0.1) is 11.3 Å². The van der Waals surface area contributed by atoms with E-state index in [1.165, 1.54) is 11.3 Å². The fourth-order valence-electron chi connectivity index (χ4n) is 3.91. The molecule has 7 nitrogen and oxygen atoms in total. The van der Waals surface area contributed by atoms with Crippen LogP contribution < -0.4 is 5.32 Å². The van der Waals surface area contributed by atoms with Gasteiger partial charge in [0.15, 0.2) is 5.13 Å². The second-order valence-corrected chi connectivity index (χ2v) is 8.20. The molecule has 0 bridgehead atoms. The van der Waals surface area contributed by atoms with E-state index in [2.05, 4.69) is 27.3 Å². The van der Waals surface area contributed by atoms with Crippen molar-refractivity contribution in [3.8, 4) is 6.07 Å². The van der Waals surface area contributed by atoms with Gasteiger partial charge in [0.25, 0.3) is 5.91 Å². The highest BCUT2D eigenvalue weighted by Crippen LogP contribution is 2.27. The Labute approximate surface area is 169 Å². The van der Waals surface area contributed by atoms with Gasteiger partial charge in [0.2, 0.25) is 0 Å². The fraction of sp³-hybridized carbons (Fsp3) is 0.500. The van der Waals surface area contributed by atoms with Crippen molar-refractivity contribution in [1.29, 1.82) is 5.26 Å². The minimum atomic E-state index is 0.0169. The molecule has 0 spiro atoms. The van der Waals surface area contributed by atoms with E-state index in [4.69, 9.17) is 10.2 Å². The number of hydrogen-bond donors (Lipinski definition) is 1. The molecule has 2 fully saturated rings. The topological polar surface area (TPSA) is 85.2 Å². The number of likely N-dealkylation sites (tertiary alicyclic amines) is 2. The van der Waals surface area contributed by atoms with Crippen LogP contribution in [-0.2, 0) is 0 Å². The summed E-state index contributed by atoms with van der Waals surface area (Å²) in [6, 6.07) is 8.21. The van der Waals surface area contributed by atoms with E-state index < -0.39 is 0 Å². The summed E-state index contributed by atoms with van der Waals surface area (Å²) < 4.78 is 0. The third-order valence-electron chi connectivity index (χ3n) is 5.34. The van der Waals surface area contributed by atoms with Crippen molar-refractivity contribution in [3.05, 3.63) is 35.0 Å². The smallest absolute Gasteiger partial charge is 0.273 e. The van der Waals surface area contributed by atoms with E-state index in [0.29, 0.717) is 23.3 Å². The second-order valence-electron chi connectivity index (χ2n) is 7.34. The molecular formula is C20H24N6OS. The number of piperidine rings is 1. The highest BCUT2D eigenvalue weighted by molar-refractivity contribution is 7.14. The first-order valence-corrected chi connectivity index (χ1v) is 10.7. The summed E-state index contributed by atoms with van der Waals surface area (Å²) in [5, 5.41) is 14.7. The van der Waals surface area contributed by atoms with Crippen LogP contribution in [0.1, 0.15) is 47.8 Å². The molecule has 0 radical (unpaired) electrons. The zero-order valence-electron chi connectivity index (χ0n) is 15.8. The van der Waals surface area contributed by atoms with E-state index in [0.717, 1.165) is 63.4 Å². The van der Waals surface area contributed by atoms with Gasteiger partial charge < -0.3 is 10.2 Å². The molecule has 4 rings (SSSR count). The number of aromatic nitrogens is 2. The van der Waals surface area contributed by atoms with Crippen molar-refractivity contribution in [1.82, 2.24) is 19.8 Å². The number of carbonyl (C=O) groups is 1. The molecule has 8 heteroatoms. The first kappa shape index (κ1) is 18.8. The van der Waals surface area contributed by atoms with Crippen LogP contribution in [-0.4, -0.2) is 58.4 Å². The quantitative estimate of drug-likeness (QED) is 0.781. The first-order chi connectivity index (χ1) is 13.7. The number of anilines is 2. The normalized spacial score (nSPS) is 20.1. The molecule has 146 valence electrons. The molecule has 1 atom stereocenters. The summed E-state index contributed by atoms with van der Waals surface area (Å²) >= 11 is 1.43. The number of amides is 1. The van der Waals surface area contributed by atoms with Crippen molar-refractivity contribution < 1.29 is 4.79 Å². The maximum absolute atomic E-state index is 12.5. The second kappa shape index (κ2) is 8.67. The number of carbonyl (C=O) groups excluding carboxylic acids is 1. The summed E-state index contributed by atoms with van der Waals surface area (Å²) in [5.74, 6) is 1.10. The molecule has 28 heavy (non-hydrogen) atoms. The third kappa shape index (κ3) is 4.32. The average molecular weight is 397 g/mol. The Kier molecular flexibility index (Phi) is 5.84. The van der Waals surface area contributed by atoms with Gasteiger partial charge in [-0.1, -0.05) is 6.07 Å². The molecule has 2 aliphatic rings. The van der Waals surface area contributed by atoms with Gasteiger partial charge in [-0.05, 0) is 44.4 Å². The number of rotatable bonds is 5. The Morgan fingerprint density at radius 2 is 2.11 bits per heavy atom. The zero-order valence-corrected chi connectivity index (χ0v) is 16.6. The molecule has 0 unspecified atom stereocenters. The van der Waals surface area contributed by atoms with E-state index in [1.54, 1.807) is 0 Å². The summed E-state index contributed by atoms with van der Waals surface area (Å²) in [4.78, 5) is 25.7. The standard InChI is InChI=1S/C20H24N6OS/c21-8-12-25-9-4-5-15(13-25)16-6-3-7-18(22-16)24-20-23-17(14-28-20)19(27)26-10-1-2-11-26/h3,6-7,14-15H,1-2,4-5,9-13H2,(H,22,23,24)/t15-/m0/s1. The molecule has 2 aromatic rings. The largest absolute Gasteiger partial charge is 0.337 e. The molecule has 0 aromatic carbocycles. The minimum absolute atomic E-state index is 0.0169. The number of nitrogens with zero attached hydrogens (tertiary/aromatic N) is 5. The summed E-state index contributed by atoms with van der Waals surface area (Å²) in [6.07, 6.45) is 4.32. The number of nitrogens with one attached hydrogen (secondary N) is 1. The molecule has 0 aliphatic carbocycles. The van der Waals surface area contributed by atoms with Gasteiger partial charge in [0.1, 0.15) is 11.5 Å². The Bertz CT molecular complexity index is 870. The van der Waals surface area contributed by atoms with E-state index in [-0.39, 0.29) is 5.91 Å². The summed E-state index contributed by atoms with van der Waals surface area (Å²) in [7, 11) is 0. The maximum Gasteiger partial charge on any atom is 0.273 e. The van der Waals surface area contributed by atoms with Crippen molar-refractivity contribution in [3.63, 3.8) is 0 Å². The Balaban J connectivity index is 1.42. The molecule has 0 saturated carbocycles. The molecule has 4 heterocycles. The summed E-state index contributed by atoms with van der Waals surface area (Å²) in [6.45, 7) is 3.98. The number of thiazole rings is 1. The van der Waals surface area contributed by atoms with Crippen molar-refractivity contribution in [2.75, 3.05) is 38.0 Å². The predicted octanol–water partition coefficient (Wildman–Crippen LogP) is 3.22. The minimum Gasteiger partial charge on any atom is -0.337 e. The third-order valence-corrected chi connectivity index (χ3v) is 6.10. The molecular weight excluding hydrogens is 372 g/mol. The maximum atomic E-state index is 12.5. The monoisotopic (exact) mass is 396 g/mol. The van der Waals surface area contributed by atoms with Crippen LogP contribution in [0.15, 0.2) is 23.6 Å².